The number of primary sulfonamides is 1. The quantitative estimate of drug-likeness (QED) is 0.869. The van der Waals surface area contributed by atoms with Crippen molar-refractivity contribution in [1.29, 1.82) is 0 Å². The van der Waals surface area contributed by atoms with E-state index in [1.54, 1.807) is 19.5 Å². The average molecular weight is 262 g/mol. The molecule has 0 spiro atoms. The minimum absolute atomic E-state index is 0.0290. The highest BCUT2D eigenvalue weighted by Crippen LogP contribution is 2.27. The van der Waals surface area contributed by atoms with Gasteiger partial charge in [0, 0.05) is 24.4 Å². The Kier molecular flexibility index (Phi) is 3.72. The van der Waals surface area contributed by atoms with Crippen LogP contribution in [-0.2, 0) is 16.4 Å². The maximum absolute atomic E-state index is 11.8. The average Bonchev–Trinajstić information content (AvgIpc) is 2.58. The first-order valence-electron chi connectivity index (χ1n) is 4.63. The largest absolute Gasteiger partial charge is 0.345 e. The molecule has 0 radical (unpaired) electrons. The molecule has 2 N–H and O–H groups in total. The normalized spacial score (nSPS) is 11.5. The van der Waals surface area contributed by atoms with E-state index in [9.17, 15) is 13.2 Å². The molecule has 7 heteroatoms. The summed E-state index contributed by atoms with van der Waals surface area (Å²) < 4.78 is 22.9. The lowest BCUT2D eigenvalue weighted by molar-refractivity contribution is 0.0824. The van der Waals surface area contributed by atoms with Gasteiger partial charge >= 0.3 is 0 Å². The highest BCUT2D eigenvalue weighted by Gasteiger charge is 2.25. The van der Waals surface area contributed by atoms with Crippen LogP contribution in [-0.4, -0.2) is 33.3 Å². The van der Waals surface area contributed by atoms with Crippen LogP contribution in [0.2, 0.25) is 0 Å². The minimum atomic E-state index is -3.85. The summed E-state index contributed by atoms with van der Waals surface area (Å²) in [5.41, 5.74) is 0.161. The van der Waals surface area contributed by atoms with Crippen molar-refractivity contribution in [2.75, 3.05) is 14.1 Å². The van der Waals surface area contributed by atoms with Gasteiger partial charge in [-0.2, -0.15) is 0 Å². The van der Waals surface area contributed by atoms with Gasteiger partial charge in [0.15, 0.2) is 0 Å². The standard InChI is InChI=1S/C9H14N2O3S2/c1-4-7-8(16(10,13)14)6(5-15-7)9(12)11(2)3/h5H,4H2,1-3H3,(H2,10,13,14). The lowest BCUT2D eigenvalue weighted by atomic mass is 10.2. The molecule has 0 fully saturated rings. The Morgan fingerprint density at radius 3 is 2.44 bits per heavy atom. The third kappa shape index (κ3) is 2.42. The number of amides is 1. The third-order valence-electron chi connectivity index (χ3n) is 2.06. The van der Waals surface area contributed by atoms with Gasteiger partial charge in [0.05, 0.1) is 5.56 Å². The van der Waals surface area contributed by atoms with Crippen LogP contribution in [0.1, 0.15) is 22.2 Å². The van der Waals surface area contributed by atoms with Crippen LogP contribution in [0.25, 0.3) is 0 Å². The molecular weight excluding hydrogens is 248 g/mol. The van der Waals surface area contributed by atoms with E-state index in [0.29, 0.717) is 11.3 Å². The number of nitrogens with two attached hydrogens (primary N) is 1. The number of carbonyl (C=O) groups is 1. The van der Waals surface area contributed by atoms with E-state index in [0.717, 1.165) is 0 Å². The second kappa shape index (κ2) is 4.52. The van der Waals surface area contributed by atoms with E-state index in [-0.39, 0.29) is 16.4 Å². The number of carbonyl (C=O) groups excluding carboxylic acids is 1. The Hall–Kier alpha value is -0.920. The second-order valence-electron chi connectivity index (χ2n) is 3.50. The van der Waals surface area contributed by atoms with Gasteiger partial charge in [-0.15, -0.1) is 11.3 Å². The fraction of sp³-hybridized carbons (Fsp3) is 0.444. The first-order valence-corrected chi connectivity index (χ1v) is 7.06. The zero-order valence-corrected chi connectivity index (χ0v) is 11.0. The summed E-state index contributed by atoms with van der Waals surface area (Å²) in [6.45, 7) is 1.82. The molecule has 0 aliphatic carbocycles. The predicted octanol–water partition coefficient (Wildman–Crippen LogP) is 0.660. The molecule has 0 atom stereocenters. The smallest absolute Gasteiger partial charge is 0.255 e. The number of sulfonamides is 1. The van der Waals surface area contributed by atoms with Gasteiger partial charge in [0.1, 0.15) is 4.90 Å². The van der Waals surface area contributed by atoms with Gasteiger partial charge in [-0.3, -0.25) is 4.79 Å². The van der Waals surface area contributed by atoms with Gasteiger partial charge in [0.2, 0.25) is 10.0 Å². The fourth-order valence-electron chi connectivity index (χ4n) is 1.33. The topological polar surface area (TPSA) is 80.5 Å². The summed E-state index contributed by atoms with van der Waals surface area (Å²) in [6, 6.07) is 0. The van der Waals surface area contributed by atoms with E-state index in [1.165, 1.54) is 16.2 Å². The molecule has 0 saturated carbocycles. The highest BCUT2D eigenvalue weighted by atomic mass is 32.2. The zero-order chi connectivity index (χ0) is 12.5. The molecule has 1 aromatic heterocycles. The predicted molar refractivity (Wildman–Crippen MR) is 63.1 cm³/mol. The Morgan fingerprint density at radius 1 is 1.50 bits per heavy atom. The molecule has 0 unspecified atom stereocenters. The lowest BCUT2D eigenvalue weighted by Gasteiger charge is -2.10. The van der Waals surface area contributed by atoms with Crippen LogP contribution in [0.15, 0.2) is 10.3 Å². The second-order valence-corrected chi connectivity index (χ2v) is 5.96. The molecule has 0 aliphatic rings. The molecular formula is C9H14N2O3S2. The molecule has 0 aromatic carbocycles. The number of hydrogen-bond donors (Lipinski definition) is 1. The van der Waals surface area contributed by atoms with E-state index in [2.05, 4.69) is 0 Å². The van der Waals surface area contributed by atoms with Crippen LogP contribution < -0.4 is 5.14 Å². The molecule has 0 aliphatic heterocycles. The van der Waals surface area contributed by atoms with E-state index in [1.807, 2.05) is 6.92 Å². The number of aryl methyl sites for hydroxylation is 1. The first-order chi connectivity index (χ1) is 7.29. The summed E-state index contributed by atoms with van der Waals surface area (Å²) in [5, 5.41) is 6.67. The summed E-state index contributed by atoms with van der Waals surface area (Å²) in [6.07, 6.45) is 0.539. The van der Waals surface area contributed by atoms with Crippen molar-refractivity contribution in [3.05, 3.63) is 15.8 Å². The Bertz CT molecular complexity index is 503. The van der Waals surface area contributed by atoms with E-state index in [4.69, 9.17) is 5.14 Å². The summed E-state index contributed by atoms with van der Waals surface area (Å²) in [4.78, 5) is 13.7. The Morgan fingerprint density at radius 2 is 2.06 bits per heavy atom. The highest BCUT2D eigenvalue weighted by molar-refractivity contribution is 7.89. The number of nitrogens with zero attached hydrogens (tertiary/aromatic N) is 1. The molecule has 1 amide bonds. The summed E-state index contributed by atoms with van der Waals surface area (Å²) >= 11 is 1.24. The van der Waals surface area contributed by atoms with Crippen LogP contribution in [0, 0.1) is 0 Å². The minimum Gasteiger partial charge on any atom is -0.345 e. The number of rotatable bonds is 3. The van der Waals surface area contributed by atoms with Gasteiger partial charge in [0.25, 0.3) is 5.91 Å². The molecule has 5 nitrogen and oxygen atoms in total. The van der Waals surface area contributed by atoms with Gasteiger partial charge < -0.3 is 4.90 Å². The summed E-state index contributed by atoms with van der Waals surface area (Å²) in [7, 11) is -0.713. The SMILES string of the molecule is CCc1scc(C(=O)N(C)C)c1S(N)(=O)=O. The summed E-state index contributed by atoms with van der Waals surface area (Å²) in [5.74, 6) is -0.347. The molecule has 1 rings (SSSR count). The molecule has 1 heterocycles. The third-order valence-corrected chi connectivity index (χ3v) is 4.35. The molecule has 16 heavy (non-hydrogen) atoms. The van der Waals surface area contributed by atoms with Crippen LogP contribution in [0.4, 0.5) is 0 Å². The van der Waals surface area contributed by atoms with E-state index < -0.39 is 10.0 Å². The Balaban J connectivity index is 3.43. The maximum atomic E-state index is 11.8. The molecule has 1 aromatic rings. The van der Waals surface area contributed by atoms with Crippen molar-refractivity contribution in [3.63, 3.8) is 0 Å². The monoisotopic (exact) mass is 262 g/mol. The van der Waals surface area contributed by atoms with Gasteiger partial charge in [-0.05, 0) is 6.42 Å². The van der Waals surface area contributed by atoms with Crippen molar-refractivity contribution < 1.29 is 13.2 Å². The molecule has 0 saturated heterocycles. The van der Waals surface area contributed by atoms with Crippen molar-refractivity contribution in [2.45, 2.75) is 18.2 Å². The zero-order valence-electron chi connectivity index (χ0n) is 9.35. The first kappa shape index (κ1) is 13.1. The van der Waals surface area contributed by atoms with E-state index >= 15 is 0 Å². The van der Waals surface area contributed by atoms with Crippen molar-refractivity contribution in [2.24, 2.45) is 5.14 Å². The van der Waals surface area contributed by atoms with Crippen molar-refractivity contribution >= 4 is 27.3 Å². The molecule has 0 bridgehead atoms. The van der Waals surface area contributed by atoms with Gasteiger partial charge in [-0.1, -0.05) is 6.92 Å². The fourth-order valence-corrected chi connectivity index (χ4v) is 3.68. The molecule has 90 valence electrons. The Labute approximate surface area is 98.9 Å². The lowest BCUT2D eigenvalue weighted by Crippen LogP contribution is -2.25. The number of thiophene rings is 1. The van der Waals surface area contributed by atoms with Crippen molar-refractivity contribution in [1.82, 2.24) is 4.90 Å². The van der Waals surface area contributed by atoms with Crippen molar-refractivity contribution in [3.8, 4) is 0 Å². The van der Waals surface area contributed by atoms with Crippen LogP contribution >= 0.6 is 11.3 Å². The van der Waals surface area contributed by atoms with Crippen LogP contribution in [0.5, 0.6) is 0 Å². The van der Waals surface area contributed by atoms with Gasteiger partial charge in [-0.25, -0.2) is 13.6 Å². The van der Waals surface area contributed by atoms with Crippen LogP contribution in [0.3, 0.4) is 0 Å². The maximum Gasteiger partial charge on any atom is 0.255 e. The number of hydrogen-bond acceptors (Lipinski definition) is 4.